The van der Waals surface area contributed by atoms with E-state index in [1.165, 1.54) is 38.5 Å². The Labute approximate surface area is 176 Å². The van der Waals surface area contributed by atoms with Gasteiger partial charge in [0.05, 0.1) is 6.10 Å². The summed E-state index contributed by atoms with van der Waals surface area (Å²) in [5, 5.41) is 0. The zero-order chi connectivity index (χ0) is 21.2. The zero-order valence-electron chi connectivity index (χ0n) is 20.1. The van der Waals surface area contributed by atoms with E-state index in [9.17, 15) is 0 Å². The summed E-state index contributed by atoms with van der Waals surface area (Å²) in [6.07, 6.45) is 13.7. The summed E-state index contributed by atoms with van der Waals surface area (Å²) in [6, 6.07) is 0. The lowest BCUT2D eigenvalue weighted by Gasteiger charge is -2.45. The van der Waals surface area contributed by atoms with E-state index in [1.54, 1.807) is 19.8 Å². The Hall–Kier alpha value is -0.163. The van der Waals surface area contributed by atoms with E-state index >= 15 is 0 Å². The molecule has 0 bridgehead atoms. The van der Waals surface area contributed by atoms with Crippen LogP contribution in [0.25, 0.3) is 0 Å². The predicted octanol–water partition coefficient (Wildman–Crippen LogP) is 7.62. The molecular weight excluding hydrogens is 364 g/mol. The van der Waals surface area contributed by atoms with Crippen LogP contribution in [0.15, 0.2) is 11.6 Å². The number of hydrogen-bond donors (Lipinski definition) is 0. The monoisotopic (exact) mass is 412 g/mol. The van der Waals surface area contributed by atoms with Crippen LogP contribution in [0.1, 0.15) is 99.3 Å². The molecule has 1 unspecified atom stereocenters. The van der Waals surface area contributed by atoms with E-state index in [4.69, 9.17) is 13.9 Å². The second-order valence-electron chi connectivity index (χ2n) is 9.49. The Morgan fingerprint density at radius 1 is 0.893 bits per heavy atom. The quantitative estimate of drug-likeness (QED) is 0.108. The molecule has 166 valence electrons. The van der Waals surface area contributed by atoms with Gasteiger partial charge in [0.1, 0.15) is 0 Å². The van der Waals surface area contributed by atoms with Gasteiger partial charge in [-0.05, 0) is 67.1 Å². The summed E-state index contributed by atoms with van der Waals surface area (Å²) in [6.45, 7) is 14.4. The smallest absolute Gasteiger partial charge is 0.201 e. The molecule has 0 N–H and O–H groups in total. The van der Waals surface area contributed by atoms with E-state index in [-0.39, 0.29) is 6.29 Å². The van der Waals surface area contributed by atoms with Gasteiger partial charge in [-0.2, -0.15) is 0 Å². The highest BCUT2D eigenvalue weighted by Crippen LogP contribution is 2.45. The first-order valence-corrected chi connectivity index (χ1v) is 13.9. The van der Waals surface area contributed by atoms with Gasteiger partial charge >= 0.3 is 0 Å². The van der Waals surface area contributed by atoms with Crippen LogP contribution in [0.2, 0.25) is 16.6 Å². The molecule has 0 aliphatic heterocycles. The van der Waals surface area contributed by atoms with Gasteiger partial charge in [0, 0.05) is 14.2 Å². The van der Waals surface area contributed by atoms with Crippen molar-refractivity contribution >= 4 is 8.32 Å². The molecule has 3 nitrogen and oxygen atoms in total. The first-order valence-electron chi connectivity index (χ1n) is 11.7. The molecule has 1 aliphatic rings. The molecule has 0 amide bonds. The van der Waals surface area contributed by atoms with Gasteiger partial charge in [0.25, 0.3) is 0 Å². The van der Waals surface area contributed by atoms with Crippen molar-refractivity contribution < 1.29 is 13.9 Å². The van der Waals surface area contributed by atoms with Crippen LogP contribution in [0.4, 0.5) is 0 Å². The average molecular weight is 413 g/mol. The second kappa shape index (κ2) is 13.2. The van der Waals surface area contributed by atoms with E-state index in [1.807, 2.05) is 0 Å². The fourth-order valence-corrected chi connectivity index (χ4v) is 10.9. The van der Waals surface area contributed by atoms with Crippen LogP contribution in [-0.2, 0) is 13.9 Å². The normalized spacial score (nSPS) is 20.7. The highest BCUT2D eigenvalue weighted by Gasteiger charge is 2.47. The Balaban J connectivity index is 2.82. The number of ether oxygens (including phenoxy) is 2. The summed E-state index contributed by atoms with van der Waals surface area (Å²) in [4.78, 5) is 0. The van der Waals surface area contributed by atoms with Crippen LogP contribution in [-0.4, -0.2) is 34.9 Å². The number of rotatable bonds is 12. The number of allylic oxidation sites excluding steroid dienone is 1. The molecule has 28 heavy (non-hydrogen) atoms. The fraction of sp³-hybridized carbons (Fsp3) is 0.917. The molecule has 1 fully saturated rings. The lowest BCUT2D eigenvalue weighted by Crippen LogP contribution is -2.50. The van der Waals surface area contributed by atoms with Crippen LogP contribution >= 0.6 is 0 Å². The second-order valence-corrected chi connectivity index (χ2v) is 14.9. The molecule has 0 saturated heterocycles. The van der Waals surface area contributed by atoms with Crippen molar-refractivity contribution in [2.24, 2.45) is 0 Å². The van der Waals surface area contributed by atoms with Crippen LogP contribution in [0.3, 0.4) is 0 Å². The van der Waals surface area contributed by atoms with Gasteiger partial charge in [-0.25, -0.2) is 0 Å². The Morgan fingerprint density at radius 2 is 1.50 bits per heavy atom. The van der Waals surface area contributed by atoms with Gasteiger partial charge in [-0.1, -0.05) is 60.5 Å². The fourth-order valence-electron chi connectivity index (χ4n) is 5.28. The number of methoxy groups -OCH3 is 2. The van der Waals surface area contributed by atoms with E-state index in [0.717, 1.165) is 19.3 Å². The summed E-state index contributed by atoms with van der Waals surface area (Å²) in [7, 11) is 1.61. The van der Waals surface area contributed by atoms with Crippen LogP contribution in [0, 0.1) is 0 Å². The molecule has 1 atom stereocenters. The summed E-state index contributed by atoms with van der Waals surface area (Å²) >= 11 is 0. The molecular formula is C24H48O3Si. The Morgan fingerprint density at radius 3 is 2.04 bits per heavy atom. The highest BCUT2D eigenvalue weighted by atomic mass is 28.4. The molecule has 0 spiro atoms. The first kappa shape index (κ1) is 25.9. The molecule has 4 heteroatoms. The van der Waals surface area contributed by atoms with Crippen LogP contribution < -0.4 is 0 Å². The maximum absolute atomic E-state index is 7.22. The Bertz CT molecular complexity index is 419. The molecule has 1 saturated carbocycles. The van der Waals surface area contributed by atoms with Crippen molar-refractivity contribution in [1.82, 2.24) is 0 Å². The number of hydrogen-bond acceptors (Lipinski definition) is 3. The minimum atomic E-state index is -1.83. The zero-order valence-corrected chi connectivity index (χ0v) is 21.1. The van der Waals surface area contributed by atoms with Gasteiger partial charge in [-0.15, -0.1) is 0 Å². The summed E-state index contributed by atoms with van der Waals surface area (Å²) in [5.41, 5.74) is 3.54. The van der Waals surface area contributed by atoms with Gasteiger partial charge in [0.15, 0.2) is 6.29 Å². The molecule has 0 radical (unpaired) electrons. The number of unbranched alkanes of at least 4 members (excludes halogenated alkanes) is 2. The Kier molecular flexibility index (Phi) is 12.2. The van der Waals surface area contributed by atoms with Crippen LogP contribution in [0.5, 0.6) is 0 Å². The molecule has 1 aliphatic carbocycles. The molecule has 0 aromatic heterocycles. The lowest BCUT2D eigenvalue weighted by molar-refractivity contribution is -0.107. The summed E-state index contributed by atoms with van der Waals surface area (Å²) < 4.78 is 17.8. The maximum Gasteiger partial charge on any atom is 0.201 e. The largest absolute Gasteiger partial charge is 0.409 e. The van der Waals surface area contributed by atoms with Crippen molar-refractivity contribution in [2.75, 3.05) is 14.2 Å². The molecule has 0 heterocycles. The first-order chi connectivity index (χ1) is 13.3. The molecule has 0 aromatic rings. The molecule has 0 aromatic carbocycles. The van der Waals surface area contributed by atoms with Crippen molar-refractivity contribution in [2.45, 2.75) is 128 Å². The lowest BCUT2D eigenvalue weighted by atomic mass is 10.0. The van der Waals surface area contributed by atoms with Crippen molar-refractivity contribution in [3.63, 3.8) is 0 Å². The van der Waals surface area contributed by atoms with Crippen molar-refractivity contribution in [1.29, 1.82) is 0 Å². The third-order valence-corrected chi connectivity index (χ3v) is 12.8. The maximum atomic E-state index is 7.22. The standard InChI is InChI=1S/C24H48O3Si/c1-19(2)28(20(3)4,21(5)6)27-23-17-13-9-11-15-22(23)16-12-10-14-18-24(25-7)26-8/h16,19-21,23-24H,9-15,17-18H2,1-8H3/b22-16-. The van der Waals surface area contributed by atoms with E-state index in [2.05, 4.69) is 47.6 Å². The van der Waals surface area contributed by atoms with Crippen molar-refractivity contribution in [3.8, 4) is 0 Å². The third kappa shape index (κ3) is 7.27. The van der Waals surface area contributed by atoms with E-state index < -0.39 is 8.32 Å². The van der Waals surface area contributed by atoms with Gasteiger partial charge in [0.2, 0.25) is 8.32 Å². The summed E-state index contributed by atoms with van der Waals surface area (Å²) in [5.74, 6) is 0. The minimum Gasteiger partial charge on any atom is -0.409 e. The minimum absolute atomic E-state index is 0.0589. The van der Waals surface area contributed by atoms with E-state index in [0.29, 0.717) is 22.7 Å². The average Bonchev–Trinajstić information content (AvgIpc) is 2.86. The SMILES string of the molecule is COC(CCCC/C=C1/CCCCCC1O[Si](C(C)C)(C(C)C)C(C)C)OC. The third-order valence-electron chi connectivity index (χ3n) is 6.73. The highest BCUT2D eigenvalue weighted by molar-refractivity contribution is 6.77. The van der Waals surface area contributed by atoms with Crippen molar-refractivity contribution in [3.05, 3.63) is 11.6 Å². The van der Waals surface area contributed by atoms with Gasteiger partial charge in [-0.3, -0.25) is 0 Å². The molecule has 1 rings (SSSR count). The van der Waals surface area contributed by atoms with Gasteiger partial charge < -0.3 is 13.9 Å². The predicted molar refractivity (Wildman–Crippen MR) is 123 cm³/mol. The topological polar surface area (TPSA) is 27.7 Å².